The summed E-state index contributed by atoms with van der Waals surface area (Å²) < 4.78 is 0. The van der Waals surface area contributed by atoms with Gasteiger partial charge in [0.25, 0.3) is 0 Å². The highest BCUT2D eigenvalue weighted by Crippen LogP contribution is 2.10. The van der Waals surface area contributed by atoms with Gasteiger partial charge in [-0.15, -0.1) is 6.58 Å². The molecule has 0 saturated carbocycles. The van der Waals surface area contributed by atoms with Crippen molar-refractivity contribution in [2.24, 2.45) is 5.92 Å². The Labute approximate surface area is 108 Å². The maximum absolute atomic E-state index is 3.76. The molecule has 2 heteroatoms. The standard InChI is InChI=1S/C15H30N2/c1-6-9-15(16-5)12-17-14(7-2)11-8-10-13(3)4/h6,12-14,16-17H,1,7-11H2,2-5H3/b15-12-. The van der Waals surface area contributed by atoms with Crippen molar-refractivity contribution in [1.82, 2.24) is 10.6 Å². The van der Waals surface area contributed by atoms with Gasteiger partial charge in [0.1, 0.15) is 0 Å². The topological polar surface area (TPSA) is 24.1 Å². The zero-order valence-corrected chi connectivity index (χ0v) is 12.1. The minimum atomic E-state index is 0.599. The second kappa shape index (κ2) is 10.2. The lowest BCUT2D eigenvalue weighted by molar-refractivity contribution is 0.459. The number of allylic oxidation sites excluding steroid dienone is 1. The monoisotopic (exact) mass is 238 g/mol. The van der Waals surface area contributed by atoms with Crippen molar-refractivity contribution in [3.63, 3.8) is 0 Å². The van der Waals surface area contributed by atoms with E-state index in [0.717, 1.165) is 12.3 Å². The second-order valence-corrected chi connectivity index (χ2v) is 5.01. The van der Waals surface area contributed by atoms with Crippen LogP contribution < -0.4 is 10.6 Å². The fourth-order valence-electron chi connectivity index (χ4n) is 1.78. The number of hydrogen-bond donors (Lipinski definition) is 2. The lowest BCUT2D eigenvalue weighted by atomic mass is 10.0. The molecule has 2 N–H and O–H groups in total. The highest BCUT2D eigenvalue weighted by Gasteiger charge is 2.04. The molecule has 0 fully saturated rings. The molecule has 0 amide bonds. The summed E-state index contributed by atoms with van der Waals surface area (Å²) >= 11 is 0. The third-order valence-electron chi connectivity index (χ3n) is 3.01. The molecule has 0 rings (SSSR count). The summed E-state index contributed by atoms with van der Waals surface area (Å²) in [6.07, 6.45) is 10.00. The van der Waals surface area contributed by atoms with Crippen molar-refractivity contribution in [3.05, 3.63) is 24.6 Å². The van der Waals surface area contributed by atoms with Crippen molar-refractivity contribution in [2.45, 2.75) is 58.9 Å². The predicted octanol–water partition coefficient (Wildman–Crippen LogP) is 3.82. The van der Waals surface area contributed by atoms with Crippen LogP contribution in [0.4, 0.5) is 0 Å². The van der Waals surface area contributed by atoms with E-state index in [0.29, 0.717) is 6.04 Å². The Morgan fingerprint density at radius 2 is 2.00 bits per heavy atom. The molecular formula is C15H30N2. The highest BCUT2D eigenvalue weighted by atomic mass is 14.9. The molecule has 100 valence electrons. The van der Waals surface area contributed by atoms with E-state index in [1.54, 1.807) is 0 Å². The normalized spacial score (nSPS) is 13.6. The number of rotatable bonds is 10. The fraction of sp³-hybridized carbons (Fsp3) is 0.733. The molecule has 2 nitrogen and oxygen atoms in total. The van der Waals surface area contributed by atoms with Crippen LogP contribution in [0.1, 0.15) is 52.9 Å². The Morgan fingerprint density at radius 3 is 2.47 bits per heavy atom. The van der Waals surface area contributed by atoms with Gasteiger partial charge in [-0.2, -0.15) is 0 Å². The van der Waals surface area contributed by atoms with Gasteiger partial charge in [0.2, 0.25) is 0 Å². The first kappa shape index (κ1) is 16.1. The number of nitrogens with one attached hydrogen (secondary N) is 2. The van der Waals surface area contributed by atoms with Gasteiger partial charge in [-0.25, -0.2) is 0 Å². The van der Waals surface area contributed by atoms with Gasteiger partial charge in [-0.1, -0.05) is 39.7 Å². The average molecular weight is 238 g/mol. The van der Waals surface area contributed by atoms with Gasteiger partial charge in [-0.3, -0.25) is 0 Å². The van der Waals surface area contributed by atoms with E-state index in [4.69, 9.17) is 0 Å². The van der Waals surface area contributed by atoms with Crippen LogP contribution in [0.5, 0.6) is 0 Å². The summed E-state index contributed by atoms with van der Waals surface area (Å²) in [7, 11) is 1.96. The molecule has 0 bridgehead atoms. The van der Waals surface area contributed by atoms with Gasteiger partial charge < -0.3 is 10.6 Å². The maximum atomic E-state index is 3.76. The molecule has 0 saturated heterocycles. The number of hydrogen-bond acceptors (Lipinski definition) is 2. The zero-order valence-electron chi connectivity index (χ0n) is 12.1. The molecule has 17 heavy (non-hydrogen) atoms. The third-order valence-corrected chi connectivity index (χ3v) is 3.01. The van der Waals surface area contributed by atoms with Crippen LogP contribution in [-0.2, 0) is 0 Å². The van der Waals surface area contributed by atoms with Crippen LogP contribution in [0.25, 0.3) is 0 Å². The lowest BCUT2D eigenvalue weighted by Gasteiger charge is -2.17. The largest absolute Gasteiger partial charge is 0.390 e. The van der Waals surface area contributed by atoms with E-state index in [9.17, 15) is 0 Å². The summed E-state index contributed by atoms with van der Waals surface area (Å²) in [5.41, 5.74) is 1.20. The molecule has 0 aromatic rings. The third kappa shape index (κ3) is 8.84. The highest BCUT2D eigenvalue weighted by molar-refractivity contribution is 5.02. The second-order valence-electron chi connectivity index (χ2n) is 5.01. The van der Waals surface area contributed by atoms with E-state index >= 15 is 0 Å². The van der Waals surface area contributed by atoms with Gasteiger partial charge in [0.05, 0.1) is 0 Å². The SMILES string of the molecule is C=CC/C(=C/NC(CC)CCCC(C)C)NC. The summed E-state index contributed by atoms with van der Waals surface area (Å²) in [4.78, 5) is 0. The van der Waals surface area contributed by atoms with E-state index < -0.39 is 0 Å². The molecule has 0 aliphatic heterocycles. The molecule has 0 aromatic heterocycles. The van der Waals surface area contributed by atoms with Crippen LogP contribution in [0.3, 0.4) is 0 Å². The Morgan fingerprint density at radius 1 is 1.29 bits per heavy atom. The smallest absolute Gasteiger partial charge is 0.0302 e. The van der Waals surface area contributed by atoms with Gasteiger partial charge in [0, 0.05) is 31.4 Å². The Bertz CT molecular complexity index is 219. The van der Waals surface area contributed by atoms with Crippen molar-refractivity contribution in [2.75, 3.05) is 7.05 Å². The Hall–Kier alpha value is -0.920. The van der Waals surface area contributed by atoms with Crippen molar-refractivity contribution in [1.29, 1.82) is 0 Å². The first-order valence-electron chi connectivity index (χ1n) is 6.87. The molecule has 0 aliphatic carbocycles. The predicted molar refractivity (Wildman–Crippen MR) is 77.9 cm³/mol. The lowest BCUT2D eigenvalue weighted by Crippen LogP contribution is -2.25. The van der Waals surface area contributed by atoms with E-state index in [-0.39, 0.29) is 0 Å². The zero-order chi connectivity index (χ0) is 13.1. The van der Waals surface area contributed by atoms with Crippen LogP contribution in [0.15, 0.2) is 24.6 Å². The van der Waals surface area contributed by atoms with Crippen LogP contribution in [-0.4, -0.2) is 13.1 Å². The quantitative estimate of drug-likeness (QED) is 0.565. The molecule has 0 aliphatic rings. The molecule has 0 spiro atoms. The molecule has 0 radical (unpaired) electrons. The van der Waals surface area contributed by atoms with Crippen LogP contribution in [0, 0.1) is 5.92 Å². The van der Waals surface area contributed by atoms with Crippen LogP contribution >= 0.6 is 0 Å². The summed E-state index contributed by atoms with van der Waals surface area (Å²) in [6, 6.07) is 0.599. The maximum Gasteiger partial charge on any atom is 0.0302 e. The van der Waals surface area contributed by atoms with Crippen molar-refractivity contribution >= 4 is 0 Å². The fourth-order valence-corrected chi connectivity index (χ4v) is 1.78. The average Bonchev–Trinajstić information content (AvgIpc) is 2.31. The van der Waals surface area contributed by atoms with Crippen molar-refractivity contribution in [3.8, 4) is 0 Å². The molecule has 1 atom stereocenters. The summed E-state index contributed by atoms with van der Waals surface area (Å²) in [6.45, 7) is 10.6. The van der Waals surface area contributed by atoms with E-state index in [1.807, 2.05) is 13.1 Å². The van der Waals surface area contributed by atoms with E-state index in [2.05, 4.69) is 44.2 Å². The minimum absolute atomic E-state index is 0.599. The van der Waals surface area contributed by atoms with Crippen LogP contribution in [0.2, 0.25) is 0 Å². The van der Waals surface area contributed by atoms with Crippen molar-refractivity contribution < 1.29 is 0 Å². The van der Waals surface area contributed by atoms with E-state index in [1.165, 1.54) is 31.4 Å². The first-order valence-corrected chi connectivity index (χ1v) is 6.87. The Kier molecular flexibility index (Phi) is 9.69. The summed E-state index contributed by atoms with van der Waals surface area (Å²) in [5.74, 6) is 0.816. The minimum Gasteiger partial charge on any atom is -0.390 e. The van der Waals surface area contributed by atoms with Gasteiger partial charge in [-0.05, 0) is 18.8 Å². The molecular weight excluding hydrogens is 208 g/mol. The van der Waals surface area contributed by atoms with Gasteiger partial charge >= 0.3 is 0 Å². The summed E-state index contributed by atoms with van der Waals surface area (Å²) in [5, 5.41) is 6.69. The molecule has 1 unspecified atom stereocenters. The van der Waals surface area contributed by atoms with Gasteiger partial charge in [0.15, 0.2) is 0 Å². The molecule has 0 aromatic carbocycles. The molecule has 0 heterocycles. The first-order chi connectivity index (χ1) is 8.13. The Balaban J connectivity index is 3.98.